The van der Waals surface area contributed by atoms with Gasteiger partial charge in [-0.3, -0.25) is 14.4 Å². The third-order valence-corrected chi connectivity index (χ3v) is 7.45. The third-order valence-electron chi connectivity index (χ3n) is 7.45. The number of ether oxygens (including phenoxy) is 2. The highest BCUT2D eigenvalue weighted by Crippen LogP contribution is 2.60. The van der Waals surface area contributed by atoms with Crippen molar-refractivity contribution in [2.75, 3.05) is 7.11 Å². The molecule has 3 aliphatic rings. The molecule has 6 heteroatoms. The number of fused-ring (bicyclic) bond motifs is 1. The van der Waals surface area contributed by atoms with Crippen LogP contribution in [-0.2, 0) is 23.9 Å². The molecule has 26 heavy (non-hydrogen) atoms. The summed E-state index contributed by atoms with van der Waals surface area (Å²) >= 11 is 0. The molecule has 1 N–H and O–H groups in total. The van der Waals surface area contributed by atoms with Gasteiger partial charge in [0.25, 0.3) is 0 Å². The van der Waals surface area contributed by atoms with Crippen molar-refractivity contribution < 1.29 is 29.0 Å². The minimum atomic E-state index is -0.764. The second kappa shape index (κ2) is 6.95. The molecular formula is C20H30O6. The molecule has 3 fully saturated rings. The van der Waals surface area contributed by atoms with E-state index in [1.807, 2.05) is 6.92 Å². The summed E-state index contributed by atoms with van der Waals surface area (Å²) in [6.07, 6.45) is 4.76. The zero-order chi connectivity index (χ0) is 19.1. The number of carboxylic acid groups (broad SMARTS) is 1. The smallest absolute Gasteiger partial charge is 0.311 e. The topological polar surface area (TPSA) is 89.9 Å². The summed E-state index contributed by atoms with van der Waals surface area (Å²) in [6, 6.07) is 0. The molecule has 0 aromatic rings. The molecule has 3 rings (SSSR count). The van der Waals surface area contributed by atoms with E-state index in [0.29, 0.717) is 38.5 Å². The number of carbonyl (C=O) groups is 3. The van der Waals surface area contributed by atoms with Crippen LogP contribution in [-0.4, -0.2) is 36.2 Å². The van der Waals surface area contributed by atoms with Gasteiger partial charge in [-0.25, -0.2) is 0 Å². The van der Waals surface area contributed by atoms with Crippen LogP contribution in [0, 0.1) is 28.6 Å². The lowest BCUT2D eigenvalue weighted by molar-refractivity contribution is -0.170. The third kappa shape index (κ3) is 3.06. The van der Waals surface area contributed by atoms with Gasteiger partial charge >= 0.3 is 11.9 Å². The molecule has 0 aromatic heterocycles. The lowest BCUT2D eigenvalue weighted by atomic mass is 9.47. The summed E-state index contributed by atoms with van der Waals surface area (Å²) in [5.74, 6) is -1.16. The van der Waals surface area contributed by atoms with Gasteiger partial charge in [0.1, 0.15) is 5.78 Å². The van der Waals surface area contributed by atoms with Gasteiger partial charge in [-0.2, -0.15) is 0 Å². The Morgan fingerprint density at radius 3 is 2.62 bits per heavy atom. The number of hydrogen-bond donors (Lipinski definition) is 1. The second-order valence-electron chi connectivity index (χ2n) is 8.80. The van der Waals surface area contributed by atoms with Gasteiger partial charge < -0.3 is 14.6 Å². The normalized spacial score (nSPS) is 43.0. The molecule has 0 aromatic carbocycles. The van der Waals surface area contributed by atoms with Gasteiger partial charge in [0.2, 0.25) is 6.29 Å². The monoisotopic (exact) mass is 366 g/mol. The Labute approximate surface area is 154 Å². The number of esters is 1. The van der Waals surface area contributed by atoms with E-state index in [1.54, 1.807) is 0 Å². The Balaban J connectivity index is 1.76. The van der Waals surface area contributed by atoms with E-state index in [4.69, 9.17) is 9.47 Å². The van der Waals surface area contributed by atoms with Gasteiger partial charge in [0, 0.05) is 25.9 Å². The van der Waals surface area contributed by atoms with Crippen molar-refractivity contribution in [2.24, 2.45) is 28.6 Å². The van der Waals surface area contributed by atoms with Crippen molar-refractivity contribution >= 4 is 17.7 Å². The largest absolute Gasteiger partial charge is 0.481 e. The average Bonchev–Trinajstić information content (AvgIpc) is 2.94. The highest BCUT2D eigenvalue weighted by molar-refractivity contribution is 5.84. The molecule has 146 valence electrons. The SMILES string of the molecule is CO[C@H]1C[C@H](CC[C@H]2C(=O)CC[C@@H]3[C@]2(C)CCC[C@]3(C)C(=O)O)C(=O)O1. The van der Waals surface area contributed by atoms with Gasteiger partial charge in [-0.1, -0.05) is 13.3 Å². The molecule has 0 unspecified atom stereocenters. The number of Topliss-reactive ketones (excluding diaryl/α,β-unsaturated/α-hetero) is 1. The molecule has 1 heterocycles. The first-order valence-electron chi connectivity index (χ1n) is 9.72. The van der Waals surface area contributed by atoms with Crippen molar-refractivity contribution in [1.29, 1.82) is 0 Å². The molecule has 0 amide bonds. The number of carbonyl (C=O) groups excluding carboxylic acids is 2. The Hall–Kier alpha value is -1.43. The number of methoxy groups -OCH3 is 1. The van der Waals surface area contributed by atoms with E-state index in [0.717, 1.165) is 12.8 Å². The highest BCUT2D eigenvalue weighted by Gasteiger charge is 2.58. The highest BCUT2D eigenvalue weighted by atomic mass is 16.7. The molecule has 2 aliphatic carbocycles. The maximum Gasteiger partial charge on any atom is 0.311 e. The molecular weight excluding hydrogens is 336 g/mol. The molecule has 0 radical (unpaired) electrons. The Morgan fingerprint density at radius 1 is 1.27 bits per heavy atom. The lowest BCUT2D eigenvalue weighted by Crippen LogP contribution is -2.55. The van der Waals surface area contributed by atoms with Crippen LogP contribution in [0.3, 0.4) is 0 Å². The van der Waals surface area contributed by atoms with Crippen LogP contribution < -0.4 is 0 Å². The number of carboxylic acids is 1. The fourth-order valence-electron chi connectivity index (χ4n) is 5.90. The standard InChI is InChI=1S/C20H30O6/c1-19-9-4-10-20(2,18(23)24)15(19)8-7-14(21)13(19)6-5-12-11-16(25-3)26-17(12)22/h12-13,15-16H,4-11H2,1-3H3,(H,23,24)/t12-,13-,15+,16+,19+,20-/m0/s1. The maximum atomic E-state index is 12.8. The summed E-state index contributed by atoms with van der Waals surface area (Å²) < 4.78 is 10.3. The molecule has 1 aliphatic heterocycles. The maximum absolute atomic E-state index is 12.8. The molecule has 6 nitrogen and oxygen atoms in total. The fraction of sp³-hybridized carbons (Fsp3) is 0.850. The minimum absolute atomic E-state index is 0.00574. The van der Waals surface area contributed by atoms with E-state index in [1.165, 1.54) is 7.11 Å². The number of ketones is 1. The van der Waals surface area contributed by atoms with E-state index in [-0.39, 0.29) is 34.9 Å². The molecule has 0 bridgehead atoms. The fourth-order valence-corrected chi connectivity index (χ4v) is 5.90. The molecule has 0 spiro atoms. The predicted octanol–water partition coefficient (Wildman–Crippen LogP) is 3.18. The van der Waals surface area contributed by atoms with Crippen molar-refractivity contribution in [2.45, 2.75) is 71.5 Å². The zero-order valence-corrected chi connectivity index (χ0v) is 16.0. The van der Waals surface area contributed by atoms with Gasteiger partial charge in [0.15, 0.2) is 0 Å². The Morgan fingerprint density at radius 2 is 2.00 bits per heavy atom. The summed E-state index contributed by atoms with van der Waals surface area (Å²) in [5, 5.41) is 9.84. The van der Waals surface area contributed by atoms with Crippen LogP contribution in [0.2, 0.25) is 0 Å². The van der Waals surface area contributed by atoms with E-state index in [9.17, 15) is 19.5 Å². The summed E-state index contributed by atoms with van der Waals surface area (Å²) in [5.41, 5.74) is -1.07. The van der Waals surface area contributed by atoms with E-state index in [2.05, 4.69) is 6.92 Å². The van der Waals surface area contributed by atoms with Crippen molar-refractivity contribution in [1.82, 2.24) is 0 Å². The van der Waals surface area contributed by atoms with Crippen molar-refractivity contribution in [3.63, 3.8) is 0 Å². The summed E-state index contributed by atoms with van der Waals surface area (Å²) in [7, 11) is 1.52. The zero-order valence-electron chi connectivity index (χ0n) is 16.0. The Bertz CT molecular complexity index is 601. The number of cyclic esters (lactones) is 1. The predicted molar refractivity (Wildman–Crippen MR) is 93.2 cm³/mol. The van der Waals surface area contributed by atoms with Gasteiger partial charge in [-0.15, -0.1) is 0 Å². The first-order valence-corrected chi connectivity index (χ1v) is 9.72. The van der Waals surface area contributed by atoms with Crippen molar-refractivity contribution in [3.05, 3.63) is 0 Å². The first-order chi connectivity index (χ1) is 12.2. The second-order valence-corrected chi connectivity index (χ2v) is 8.80. The van der Waals surface area contributed by atoms with Crippen LogP contribution in [0.25, 0.3) is 0 Å². The molecule has 6 atom stereocenters. The van der Waals surface area contributed by atoms with Gasteiger partial charge in [-0.05, 0) is 50.4 Å². The van der Waals surface area contributed by atoms with E-state index < -0.39 is 17.7 Å². The summed E-state index contributed by atoms with van der Waals surface area (Å²) in [4.78, 5) is 36.7. The van der Waals surface area contributed by atoms with Crippen LogP contribution in [0.1, 0.15) is 65.2 Å². The Kier molecular flexibility index (Phi) is 5.17. The molecule has 1 saturated heterocycles. The average molecular weight is 366 g/mol. The quantitative estimate of drug-likeness (QED) is 0.752. The van der Waals surface area contributed by atoms with Crippen LogP contribution in [0.5, 0.6) is 0 Å². The first kappa shape index (κ1) is 19.3. The van der Waals surface area contributed by atoms with E-state index >= 15 is 0 Å². The number of aliphatic carboxylic acids is 1. The summed E-state index contributed by atoms with van der Waals surface area (Å²) in [6.45, 7) is 3.95. The van der Waals surface area contributed by atoms with Crippen LogP contribution in [0.4, 0.5) is 0 Å². The van der Waals surface area contributed by atoms with Gasteiger partial charge in [0.05, 0.1) is 11.3 Å². The number of rotatable bonds is 5. The van der Waals surface area contributed by atoms with Crippen LogP contribution in [0.15, 0.2) is 0 Å². The molecule has 2 saturated carbocycles. The van der Waals surface area contributed by atoms with Crippen molar-refractivity contribution in [3.8, 4) is 0 Å². The minimum Gasteiger partial charge on any atom is -0.481 e. The van der Waals surface area contributed by atoms with Crippen LogP contribution >= 0.6 is 0 Å². The number of hydrogen-bond acceptors (Lipinski definition) is 5. The lowest BCUT2D eigenvalue weighted by Gasteiger charge is -2.56.